The van der Waals surface area contributed by atoms with Gasteiger partial charge in [-0.15, -0.1) is 0 Å². The highest BCUT2D eigenvalue weighted by atomic mass is 16.5. The summed E-state index contributed by atoms with van der Waals surface area (Å²) in [4.78, 5) is 21.2. The third-order valence-corrected chi connectivity index (χ3v) is 4.95. The number of nitrogens with zero attached hydrogens (tertiary/aromatic N) is 2. The van der Waals surface area contributed by atoms with Crippen LogP contribution in [0.5, 0.6) is 5.75 Å². The highest BCUT2D eigenvalue weighted by Gasteiger charge is 2.23. The average molecular weight is 415 g/mol. The number of aromatic nitrogens is 2. The van der Waals surface area contributed by atoms with E-state index < -0.39 is 5.91 Å². The maximum absolute atomic E-state index is 12.5. The van der Waals surface area contributed by atoms with Gasteiger partial charge >= 0.3 is 0 Å². The first-order valence-electron chi connectivity index (χ1n) is 9.75. The predicted molar refractivity (Wildman–Crippen MR) is 117 cm³/mol. The number of rotatable bonds is 6. The standard InChI is InChI=1S/C24H21N3O4/c1-15-2-4-16(5-3-15)17-6-8-18(9-7-17)22-23(31-13-12-28)21(24(29)27-30)19-14-25-11-10-20(19)26-22/h2-11,14,28,30H,12-13H2,1H3,(H,27,29). The van der Waals surface area contributed by atoms with Crippen molar-refractivity contribution >= 4 is 16.8 Å². The van der Waals surface area contributed by atoms with Crippen LogP contribution in [0.2, 0.25) is 0 Å². The first kappa shape index (κ1) is 20.5. The van der Waals surface area contributed by atoms with Crippen molar-refractivity contribution in [2.75, 3.05) is 13.2 Å². The number of benzene rings is 2. The van der Waals surface area contributed by atoms with Gasteiger partial charge in [-0.05, 0) is 24.1 Å². The van der Waals surface area contributed by atoms with Crippen molar-refractivity contribution in [2.24, 2.45) is 0 Å². The Hall–Kier alpha value is -3.81. The lowest BCUT2D eigenvalue weighted by Gasteiger charge is -2.16. The highest BCUT2D eigenvalue weighted by molar-refractivity contribution is 6.09. The number of carbonyl (C=O) groups excluding carboxylic acids is 1. The molecule has 4 rings (SSSR count). The second-order valence-corrected chi connectivity index (χ2v) is 7.01. The molecular weight excluding hydrogens is 394 g/mol. The number of hydrogen-bond acceptors (Lipinski definition) is 6. The third kappa shape index (κ3) is 4.09. The molecule has 0 saturated carbocycles. The van der Waals surface area contributed by atoms with Gasteiger partial charge in [-0.1, -0.05) is 54.1 Å². The van der Waals surface area contributed by atoms with Gasteiger partial charge in [0.1, 0.15) is 12.3 Å². The molecule has 3 N–H and O–H groups in total. The number of aliphatic hydroxyl groups is 1. The molecule has 31 heavy (non-hydrogen) atoms. The van der Waals surface area contributed by atoms with Gasteiger partial charge in [0.05, 0.1) is 17.7 Å². The number of aliphatic hydroxyl groups excluding tert-OH is 1. The Morgan fingerprint density at radius 1 is 1.00 bits per heavy atom. The Morgan fingerprint density at radius 2 is 1.65 bits per heavy atom. The summed E-state index contributed by atoms with van der Waals surface area (Å²) in [7, 11) is 0. The molecule has 0 spiro atoms. The minimum atomic E-state index is -0.745. The molecule has 0 saturated heterocycles. The minimum absolute atomic E-state index is 0.0341. The van der Waals surface area contributed by atoms with Gasteiger partial charge in [-0.2, -0.15) is 0 Å². The molecule has 1 amide bonds. The molecule has 7 heteroatoms. The van der Waals surface area contributed by atoms with E-state index in [2.05, 4.69) is 34.2 Å². The Morgan fingerprint density at radius 3 is 2.29 bits per heavy atom. The van der Waals surface area contributed by atoms with E-state index >= 15 is 0 Å². The normalized spacial score (nSPS) is 10.8. The number of fused-ring (bicyclic) bond motifs is 1. The van der Waals surface area contributed by atoms with Gasteiger partial charge in [0, 0.05) is 23.3 Å². The van der Waals surface area contributed by atoms with Gasteiger partial charge in [-0.25, -0.2) is 10.5 Å². The van der Waals surface area contributed by atoms with E-state index in [-0.39, 0.29) is 24.5 Å². The summed E-state index contributed by atoms with van der Waals surface area (Å²) < 4.78 is 5.72. The van der Waals surface area contributed by atoms with Crippen LogP contribution in [0, 0.1) is 6.92 Å². The van der Waals surface area contributed by atoms with E-state index in [0.29, 0.717) is 16.6 Å². The van der Waals surface area contributed by atoms with Crippen LogP contribution in [0.15, 0.2) is 67.0 Å². The fourth-order valence-corrected chi connectivity index (χ4v) is 3.42. The zero-order valence-electron chi connectivity index (χ0n) is 16.9. The molecule has 0 fully saturated rings. The smallest absolute Gasteiger partial charge is 0.279 e. The highest BCUT2D eigenvalue weighted by Crippen LogP contribution is 2.37. The molecule has 0 bridgehead atoms. The minimum Gasteiger partial charge on any atom is -0.488 e. The fraction of sp³-hybridized carbons (Fsp3) is 0.125. The van der Waals surface area contributed by atoms with Gasteiger partial charge in [0.25, 0.3) is 5.91 Å². The third-order valence-electron chi connectivity index (χ3n) is 4.95. The van der Waals surface area contributed by atoms with E-state index in [4.69, 9.17) is 4.74 Å². The molecule has 2 aromatic carbocycles. The SMILES string of the molecule is Cc1ccc(-c2ccc(-c3nc4ccncc4c(C(=O)NO)c3OCCO)cc2)cc1. The first-order valence-corrected chi connectivity index (χ1v) is 9.75. The molecule has 2 heterocycles. The predicted octanol–water partition coefficient (Wildman–Crippen LogP) is 3.76. The number of nitrogens with one attached hydrogen (secondary N) is 1. The van der Waals surface area contributed by atoms with Crippen LogP contribution in [0.3, 0.4) is 0 Å². The van der Waals surface area contributed by atoms with E-state index in [1.807, 2.05) is 31.2 Å². The van der Waals surface area contributed by atoms with Crippen LogP contribution in [0.1, 0.15) is 15.9 Å². The zero-order valence-corrected chi connectivity index (χ0v) is 16.9. The quantitative estimate of drug-likeness (QED) is 0.327. The molecule has 4 aromatic rings. The maximum Gasteiger partial charge on any atom is 0.279 e. The average Bonchev–Trinajstić information content (AvgIpc) is 2.82. The van der Waals surface area contributed by atoms with Crippen LogP contribution in [-0.2, 0) is 0 Å². The largest absolute Gasteiger partial charge is 0.488 e. The number of hydrogen-bond donors (Lipinski definition) is 3. The van der Waals surface area contributed by atoms with Crippen molar-refractivity contribution in [1.29, 1.82) is 0 Å². The van der Waals surface area contributed by atoms with Crippen molar-refractivity contribution in [3.8, 4) is 28.1 Å². The number of pyridine rings is 2. The van der Waals surface area contributed by atoms with E-state index in [0.717, 1.165) is 16.7 Å². The Bertz CT molecular complexity index is 1220. The molecule has 2 aromatic heterocycles. The molecular formula is C24H21N3O4. The van der Waals surface area contributed by atoms with Gasteiger partial charge in [0.15, 0.2) is 5.75 Å². The maximum atomic E-state index is 12.5. The molecule has 0 atom stereocenters. The van der Waals surface area contributed by atoms with Crippen LogP contribution in [-0.4, -0.2) is 39.4 Å². The molecule has 156 valence electrons. The number of ether oxygens (including phenoxy) is 1. The summed E-state index contributed by atoms with van der Waals surface area (Å²) in [5.41, 5.74) is 6.78. The van der Waals surface area contributed by atoms with Crippen molar-refractivity contribution in [3.63, 3.8) is 0 Å². The number of aryl methyl sites for hydroxylation is 1. The lowest BCUT2D eigenvalue weighted by molar-refractivity contribution is 0.0703. The van der Waals surface area contributed by atoms with Crippen LogP contribution >= 0.6 is 0 Å². The molecule has 0 aliphatic rings. The molecule has 7 nitrogen and oxygen atoms in total. The second-order valence-electron chi connectivity index (χ2n) is 7.01. The van der Waals surface area contributed by atoms with E-state index in [1.165, 1.54) is 11.8 Å². The zero-order chi connectivity index (χ0) is 21.8. The van der Waals surface area contributed by atoms with Crippen molar-refractivity contribution in [1.82, 2.24) is 15.4 Å². The molecule has 0 aliphatic carbocycles. The summed E-state index contributed by atoms with van der Waals surface area (Å²) in [5.74, 6) is -0.574. The van der Waals surface area contributed by atoms with Crippen molar-refractivity contribution in [2.45, 2.75) is 6.92 Å². The molecule has 0 unspecified atom stereocenters. The van der Waals surface area contributed by atoms with Gasteiger partial charge in [0.2, 0.25) is 0 Å². The summed E-state index contributed by atoms with van der Waals surface area (Å²) in [6.45, 7) is 1.77. The fourth-order valence-electron chi connectivity index (χ4n) is 3.42. The van der Waals surface area contributed by atoms with Crippen LogP contribution in [0.25, 0.3) is 33.3 Å². The Kier molecular flexibility index (Phi) is 5.88. The van der Waals surface area contributed by atoms with Crippen molar-refractivity contribution in [3.05, 3.63) is 78.1 Å². The lowest BCUT2D eigenvalue weighted by atomic mass is 9.99. The topological polar surface area (TPSA) is 105 Å². The van der Waals surface area contributed by atoms with Gasteiger partial charge < -0.3 is 9.84 Å². The molecule has 0 aliphatic heterocycles. The summed E-state index contributed by atoms with van der Waals surface area (Å²) >= 11 is 0. The van der Waals surface area contributed by atoms with Crippen LogP contribution < -0.4 is 10.2 Å². The summed E-state index contributed by atoms with van der Waals surface area (Å²) in [5, 5.41) is 19.0. The van der Waals surface area contributed by atoms with Crippen molar-refractivity contribution < 1.29 is 19.8 Å². The monoisotopic (exact) mass is 415 g/mol. The number of hydroxylamine groups is 1. The van der Waals surface area contributed by atoms with Crippen LogP contribution in [0.4, 0.5) is 0 Å². The summed E-state index contributed by atoms with van der Waals surface area (Å²) in [6, 6.07) is 17.7. The van der Waals surface area contributed by atoms with E-state index in [9.17, 15) is 15.1 Å². The first-order chi connectivity index (χ1) is 15.1. The second kappa shape index (κ2) is 8.91. The Balaban J connectivity index is 1.87. The lowest BCUT2D eigenvalue weighted by Crippen LogP contribution is -2.21. The number of carbonyl (C=O) groups is 1. The summed E-state index contributed by atoms with van der Waals surface area (Å²) in [6.07, 6.45) is 3.07. The van der Waals surface area contributed by atoms with E-state index in [1.54, 1.807) is 17.7 Å². The number of amides is 1. The Labute approximate surface area is 178 Å². The van der Waals surface area contributed by atoms with Gasteiger partial charge in [-0.3, -0.25) is 15.0 Å². The molecule has 0 radical (unpaired) electrons.